The zero-order valence-electron chi connectivity index (χ0n) is 9.75. The summed E-state index contributed by atoms with van der Waals surface area (Å²) in [6.45, 7) is 0. The summed E-state index contributed by atoms with van der Waals surface area (Å²) in [6.07, 6.45) is 1.35. The smallest absolute Gasteiger partial charge is 0.185 e. The summed E-state index contributed by atoms with van der Waals surface area (Å²) in [5, 5.41) is 8.70. The van der Waals surface area contributed by atoms with Gasteiger partial charge in [0.2, 0.25) is 0 Å². The quantitative estimate of drug-likeness (QED) is 0.860. The van der Waals surface area contributed by atoms with Crippen LogP contribution in [0.15, 0.2) is 47.5 Å². The number of benzene rings is 1. The first-order chi connectivity index (χ1) is 9.03. The van der Waals surface area contributed by atoms with Crippen molar-refractivity contribution >= 4 is 9.84 Å². The van der Waals surface area contributed by atoms with Crippen molar-refractivity contribution in [1.82, 2.24) is 4.98 Å². The Morgan fingerprint density at radius 2 is 2.00 bits per heavy atom. The third-order valence-corrected chi connectivity index (χ3v) is 4.18. The van der Waals surface area contributed by atoms with E-state index in [1.807, 2.05) is 6.07 Å². The Morgan fingerprint density at radius 3 is 2.68 bits per heavy atom. The summed E-state index contributed by atoms with van der Waals surface area (Å²) in [5.74, 6) is -1.15. The molecule has 4 nitrogen and oxygen atoms in total. The van der Waals surface area contributed by atoms with Crippen LogP contribution in [0.25, 0.3) is 0 Å². The zero-order chi connectivity index (χ0) is 13.9. The number of hydrogen-bond donors (Lipinski definition) is 0. The highest BCUT2D eigenvalue weighted by Crippen LogP contribution is 2.19. The monoisotopic (exact) mass is 276 g/mol. The summed E-state index contributed by atoms with van der Waals surface area (Å²) in [5.41, 5.74) is 0.524. The molecular formula is C13H9FN2O2S. The topological polar surface area (TPSA) is 70.8 Å². The van der Waals surface area contributed by atoms with Crippen LogP contribution in [-0.4, -0.2) is 13.4 Å². The maximum atomic E-state index is 13.5. The maximum absolute atomic E-state index is 13.5. The lowest BCUT2D eigenvalue weighted by molar-refractivity contribution is 0.566. The Kier molecular flexibility index (Phi) is 3.58. The minimum absolute atomic E-state index is 0.126. The van der Waals surface area contributed by atoms with E-state index in [4.69, 9.17) is 5.26 Å². The molecule has 2 aromatic rings. The molecule has 0 aliphatic rings. The van der Waals surface area contributed by atoms with Gasteiger partial charge < -0.3 is 0 Å². The Morgan fingerprint density at radius 1 is 1.26 bits per heavy atom. The van der Waals surface area contributed by atoms with Crippen LogP contribution < -0.4 is 0 Å². The van der Waals surface area contributed by atoms with Crippen molar-refractivity contribution in [3.63, 3.8) is 0 Å². The molecule has 0 N–H and O–H groups in total. The molecule has 0 fully saturated rings. The normalized spacial score (nSPS) is 10.9. The molecular weight excluding hydrogens is 267 g/mol. The van der Waals surface area contributed by atoms with Gasteiger partial charge in [0.1, 0.15) is 22.5 Å². The number of sulfone groups is 1. The van der Waals surface area contributed by atoms with Crippen molar-refractivity contribution in [3.8, 4) is 6.07 Å². The Bertz CT molecular complexity index is 751. The SMILES string of the molecule is N#Cc1cc(CS(=O)(=O)c2ccccc2F)ccn1. The number of halogens is 1. The Hall–Kier alpha value is -2.26. The van der Waals surface area contributed by atoms with E-state index in [0.717, 1.165) is 6.07 Å². The highest BCUT2D eigenvalue weighted by Gasteiger charge is 2.19. The molecule has 0 amide bonds. The number of pyridine rings is 1. The average Bonchev–Trinajstić information content (AvgIpc) is 2.38. The molecule has 0 unspecified atom stereocenters. The fraction of sp³-hybridized carbons (Fsp3) is 0.0769. The van der Waals surface area contributed by atoms with E-state index < -0.39 is 15.7 Å². The minimum Gasteiger partial charge on any atom is -0.246 e. The van der Waals surface area contributed by atoms with Gasteiger partial charge in [0.25, 0.3) is 0 Å². The number of rotatable bonds is 3. The van der Waals surface area contributed by atoms with Gasteiger partial charge in [0, 0.05) is 6.20 Å². The van der Waals surface area contributed by atoms with Gasteiger partial charge in [-0.15, -0.1) is 0 Å². The molecule has 2 rings (SSSR count). The van der Waals surface area contributed by atoms with Gasteiger partial charge in [-0.2, -0.15) is 5.26 Å². The largest absolute Gasteiger partial charge is 0.246 e. The van der Waals surface area contributed by atoms with Crippen LogP contribution in [0.4, 0.5) is 4.39 Å². The van der Waals surface area contributed by atoms with E-state index in [2.05, 4.69) is 4.98 Å². The van der Waals surface area contributed by atoms with Crippen molar-refractivity contribution in [2.24, 2.45) is 0 Å². The molecule has 1 heterocycles. The molecule has 0 aliphatic carbocycles. The van der Waals surface area contributed by atoms with Gasteiger partial charge in [-0.05, 0) is 29.8 Å². The molecule has 0 spiro atoms. The Labute approximate surface area is 110 Å². The van der Waals surface area contributed by atoms with E-state index in [0.29, 0.717) is 5.56 Å². The molecule has 0 atom stereocenters. The fourth-order valence-electron chi connectivity index (χ4n) is 1.62. The van der Waals surface area contributed by atoms with E-state index in [-0.39, 0.29) is 16.3 Å². The number of nitrogens with zero attached hydrogens (tertiary/aromatic N) is 2. The molecule has 0 saturated carbocycles. The summed E-state index contributed by atoms with van der Waals surface area (Å²) in [4.78, 5) is 3.41. The molecule has 19 heavy (non-hydrogen) atoms. The molecule has 0 bridgehead atoms. The Balaban J connectivity index is 2.37. The van der Waals surface area contributed by atoms with Crippen molar-refractivity contribution in [1.29, 1.82) is 5.26 Å². The average molecular weight is 276 g/mol. The number of aromatic nitrogens is 1. The lowest BCUT2D eigenvalue weighted by atomic mass is 10.2. The van der Waals surface area contributed by atoms with Crippen LogP contribution in [0.5, 0.6) is 0 Å². The van der Waals surface area contributed by atoms with E-state index in [1.165, 1.54) is 36.5 Å². The van der Waals surface area contributed by atoms with Crippen LogP contribution in [-0.2, 0) is 15.6 Å². The summed E-state index contributed by atoms with van der Waals surface area (Å²) >= 11 is 0. The van der Waals surface area contributed by atoms with Crippen LogP contribution in [0.3, 0.4) is 0 Å². The fourth-order valence-corrected chi connectivity index (χ4v) is 3.04. The van der Waals surface area contributed by atoms with Gasteiger partial charge in [-0.3, -0.25) is 0 Å². The molecule has 0 saturated heterocycles. The summed E-state index contributed by atoms with van der Waals surface area (Å²) < 4.78 is 37.6. The second kappa shape index (κ2) is 5.16. The van der Waals surface area contributed by atoms with Gasteiger partial charge >= 0.3 is 0 Å². The maximum Gasteiger partial charge on any atom is 0.185 e. The van der Waals surface area contributed by atoms with Crippen molar-refractivity contribution in [2.45, 2.75) is 10.6 Å². The lowest BCUT2D eigenvalue weighted by Gasteiger charge is -2.05. The summed E-state index contributed by atoms with van der Waals surface area (Å²) in [7, 11) is -3.78. The lowest BCUT2D eigenvalue weighted by Crippen LogP contribution is -2.07. The molecule has 6 heteroatoms. The highest BCUT2D eigenvalue weighted by atomic mass is 32.2. The van der Waals surface area contributed by atoms with Gasteiger partial charge in [-0.1, -0.05) is 12.1 Å². The molecule has 0 aliphatic heterocycles. The second-order valence-corrected chi connectivity index (χ2v) is 5.81. The number of nitriles is 1. The van der Waals surface area contributed by atoms with Crippen molar-refractivity contribution in [3.05, 3.63) is 59.7 Å². The van der Waals surface area contributed by atoms with Crippen LogP contribution in [0, 0.1) is 17.1 Å². The molecule has 1 aromatic carbocycles. The van der Waals surface area contributed by atoms with Crippen LogP contribution in [0.2, 0.25) is 0 Å². The van der Waals surface area contributed by atoms with Gasteiger partial charge in [0.15, 0.2) is 9.84 Å². The van der Waals surface area contributed by atoms with Crippen LogP contribution in [0.1, 0.15) is 11.3 Å². The van der Waals surface area contributed by atoms with E-state index in [9.17, 15) is 12.8 Å². The third-order valence-electron chi connectivity index (χ3n) is 2.47. The highest BCUT2D eigenvalue weighted by molar-refractivity contribution is 7.90. The number of hydrogen-bond acceptors (Lipinski definition) is 4. The van der Waals surface area contributed by atoms with E-state index in [1.54, 1.807) is 0 Å². The summed E-state index contributed by atoms with van der Waals surface area (Å²) in [6, 6.07) is 9.89. The molecule has 1 aromatic heterocycles. The second-order valence-electron chi connectivity index (χ2n) is 3.85. The van der Waals surface area contributed by atoms with Crippen molar-refractivity contribution in [2.75, 3.05) is 0 Å². The molecule has 0 radical (unpaired) electrons. The van der Waals surface area contributed by atoms with Gasteiger partial charge in [-0.25, -0.2) is 17.8 Å². The van der Waals surface area contributed by atoms with Gasteiger partial charge in [0.05, 0.1) is 5.75 Å². The van der Waals surface area contributed by atoms with E-state index >= 15 is 0 Å². The first-order valence-electron chi connectivity index (χ1n) is 5.35. The third kappa shape index (κ3) is 2.95. The molecule has 96 valence electrons. The predicted molar refractivity (Wildman–Crippen MR) is 66.2 cm³/mol. The van der Waals surface area contributed by atoms with Crippen LogP contribution >= 0.6 is 0 Å². The van der Waals surface area contributed by atoms with Crippen molar-refractivity contribution < 1.29 is 12.8 Å². The minimum atomic E-state index is -3.78. The zero-order valence-corrected chi connectivity index (χ0v) is 10.6. The predicted octanol–water partition coefficient (Wildman–Crippen LogP) is 2.07. The first-order valence-corrected chi connectivity index (χ1v) is 7.00. The standard InChI is InChI=1S/C13H9FN2O2S/c14-12-3-1-2-4-13(12)19(17,18)9-10-5-6-16-11(7-10)8-15/h1-7H,9H2. The first kappa shape index (κ1) is 13.2.